The molecule has 0 radical (unpaired) electrons. The van der Waals surface area contributed by atoms with Crippen molar-refractivity contribution in [3.63, 3.8) is 0 Å². The first-order chi connectivity index (χ1) is 12.5. The van der Waals surface area contributed by atoms with Crippen LogP contribution in [0.4, 0.5) is 5.13 Å². The number of hydrogen-bond acceptors (Lipinski definition) is 7. The number of thiophene rings is 1. The van der Waals surface area contributed by atoms with Gasteiger partial charge < -0.3 is 4.90 Å². The van der Waals surface area contributed by atoms with Gasteiger partial charge in [-0.3, -0.25) is 14.5 Å². The highest BCUT2D eigenvalue weighted by molar-refractivity contribution is 8.02. The second-order valence-electron chi connectivity index (χ2n) is 6.61. The molecule has 2 aromatic rings. The summed E-state index contributed by atoms with van der Waals surface area (Å²) in [4.78, 5) is 29.7. The summed E-state index contributed by atoms with van der Waals surface area (Å²) in [5.74, 6) is 0.137. The van der Waals surface area contributed by atoms with Crippen LogP contribution >= 0.6 is 34.4 Å². The lowest BCUT2D eigenvalue weighted by molar-refractivity contribution is -0.131. The lowest BCUT2D eigenvalue weighted by atomic mass is 10.1. The van der Waals surface area contributed by atoms with Gasteiger partial charge in [0.2, 0.25) is 16.9 Å². The van der Waals surface area contributed by atoms with Crippen molar-refractivity contribution >= 4 is 51.4 Å². The molecule has 138 valence electrons. The molecule has 1 atom stereocenters. The number of anilines is 1. The van der Waals surface area contributed by atoms with Crippen LogP contribution in [0.2, 0.25) is 0 Å². The van der Waals surface area contributed by atoms with E-state index in [9.17, 15) is 9.59 Å². The quantitative estimate of drug-likeness (QED) is 0.562. The molecule has 0 aromatic carbocycles. The van der Waals surface area contributed by atoms with E-state index in [0.29, 0.717) is 11.7 Å². The van der Waals surface area contributed by atoms with E-state index in [2.05, 4.69) is 21.6 Å². The van der Waals surface area contributed by atoms with E-state index in [-0.39, 0.29) is 23.1 Å². The normalized spacial score (nSPS) is 17.7. The predicted octanol–water partition coefficient (Wildman–Crippen LogP) is 3.18. The van der Waals surface area contributed by atoms with Crippen molar-refractivity contribution in [3.8, 4) is 0 Å². The fourth-order valence-corrected chi connectivity index (χ4v) is 6.20. The van der Waals surface area contributed by atoms with E-state index in [1.807, 2.05) is 11.8 Å². The van der Waals surface area contributed by atoms with Gasteiger partial charge in [0, 0.05) is 30.9 Å². The van der Waals surface area contributed by atoms with Gasteiger partial charge >= 0.3 is 0 Å². The number of thioether (sulfide) groups is 1. The van der Waals surface area contributed by atoms with Gasteiger partial charge in [0.1, 0.15) is 0 Å². The van der Waals surface area contributed by atoms with E-state index in [4.69, 9.17) is 0 Å². The molecular weight excluding hydrogens is 388 g/mol. The van der Waals surface area contributed by atoms with Gasteiger partial charge in [-0.05, 0) is 43.2 Å². The highest BCUT2D eigenvalue weighted by Gasteiger charge is 2.34. The molecular formula is C17H20N4O2S3. The topological polar surface area (TPSA) is 66.4 Å². The number of amides is 2. The summed E-state index contributed by atoms with van der Waals surface area (Å²) >= 11 is 4.60. The van der Waals surface area contributed by atoms with Crippen LogP contribution in [0.15, 0.2) is 15.8 Å². The van der Waals surface area contributed by atoms with Crippen molar-refractivity contribution in [2.24, 2.45) is 0 Å². The number of carbonyl (C=O) groups excluding carboxylic acids is 2. The van der Waals surface area contributed by atoms with Gasteiger partial charge in [0.25, 0.3) is 0 Å². The minimum absolute atomic E-state index is 0.00390. The second-order valence-corrected chi connectivity index (χ2v) is 10.2. The summed E-state index contributed by atoms with van der Waals surface area (Å²) in [6.45, 7) is 4.96. The molecule has 0 N–H and O–H groups in total. The van der Waals surface area contributed by atoms with Crippen molar-refractivity contribution in [1.29, 1.82) is 0 Å². The van der Waals surface area contributed by atoms with Gasteiger partial charge in [0.15, 0.2) is 4.34 Å². The Morgan fingerprint density at radius 2 is 2.19 bits per heavy atom. The maximum Gasteiger partial charge on any atom is 0.236 e. The molecule has 6 nitrogen and oxygen atoms in total. The minimum atomic E-state index is -0.220. The Morgan fingerprint density at radius 1 is 1.38 bits per heavy atom. The molecule has 0 bridgehead atoms. The van der Waals surface area contributed by atoms with Crippen molar-refractivity contribution in [1.82, 2.24) is 15.1 Å². The van der Waals surface area contributed by atoms with Crippen LogP contribution < -0.4 is 4.90 Å². The van der Waals surface area contributed by atoms with E-state index in [1.54, 1.807) is 23.2 Å². The van der Waals surface area contributed by atoms with Gasteiger partial charge in [0.05, 0.1) is 5.25 Å². The van der Waals surface area contributed by atoms with Crippen LogP contribution in [0.1, 0.15) is 37.1 Å². The van der Waals surface area contributed by atoms with Crippen molar-refractivity contribution in [3.05, 3.63) is 21.9 Å². The number of aromatic nitrogens is 2. The van der Waals surface area contributed by atoms with E-state index in [1.165, 1.54) is 33.5 Å². The molecule has 1 unspecified atom stereocenters. The fraction of sp³-hybridized carbons (Fsp3) is 0.529. The molecule has 3 heterocycles. The van der Waals surface area contributed by atoms with Gasteiger partial charge in [-0.2, -0.15) is 0 Å². The molecule has 26 heavy (non-hydrogen) atoms. The molecule has 1 fully saturated rings. The third kappa shape index (κ3) is 3.65. The number of nitrogens with zero attached hydrogens (tertiary/aromatic N) is 4. The summed E-state index contributed by atoms with van der Waals surface area (Å²) in [5, 5.41) is 10.9. The summed E-state index contributed by atoms with van der Waals surface area (Å²) < 4.78 is 0.737. The first kappa shape index (κ1) is 17.9. The summed E-state index contributed by atoms with van der Waals surface area (Å²) in [7, 11) is 0. The Morgan fingerprint density at radius 3 is 2.92 bits per heavy atom. The molecule has 1 aliphatic carbocycles. The van der Waals surface area contributed by atoms with Crippen LogP contribution in [0.5, 0.6) is 0 Å². The first-order valence-corrected chi connectivity index (χ1v) is 11.2. The first-order valence-electron chi connectivity index (χ1n) is 8.67. The van der Waals surface area contributed by atoms with Crippen LogP contribution in [0, 0.1) is 0 Å². The van der Waals surface area contributed by atoms with Crippen molar-refractivity contribution in [2.45, 2.75) is 55.3 Å². The Hall–Kier alpha value is -1.45. The summed E-state index contributed by atoms with van der Waals surface area (Å²) in [6, 6.07) is 2.38. The molecule has 2 aliphatic rings. The zero-order valence-electron chi connectivity index (χ0n) is 14.7. The van der Waals surface area contributed by atoms with E-state index < -0.39 is 0 Å². The lowest BCUT2D eigenvalue weighted by Crippen LogP contribution is -2.39. The average Bonchev–Trinajstić information content (AvgIpc) is 3.15. The second kappa shape index (κ2) is 7.28. The summed E-state index contributed by atoms with van der Waals surface area (Å²) in [5.41, 5.74) is 1.27. The SMILES string of the molecule is CC(=O)N(c1nnc(SC(C)C(=O)N2CCc3sccc3C2)s1)C1CC1. The number of hydrogen-bond donors (Lipinski definition) is 0. The van der Waals surface area contributed by atoms with E-state index >= 15 is 0 Å². The molecule has 2 aromatic heterocycles. The molecule has 1 saturated carbocycles. The number of fused-ring (bicyclic) bond motifs is 1. The van der Waals surface area contributed by atoms with E-state index in [0.717, 1.165) is 30.1 Å². The third-order valence-electron chi connectivity index (χ3n) is 4.60. The smallest absolute Gasteiger partial charge is 0.236 e. The largest absolute Gasteiger partial charge is 0.337 e. The molecule has 0 saturated heterocycles. The number of carbonyl (C=O) groups is 2. The highest BCUT2D eigenvalue weighted by Crippen LogP contribution is 2.37. The van der Waals surface area contributed by atoms with Gasteiger partial charge in [-0.1, -0.05) is 23.1 Å². The van der Waals surface area contributed by atoms with Crippen molar-refractivity contribution < 1.29 is 9.59 Å². The average molecular weight is 409 g/mol. The number of rotatable bonds is 5. The Bertz CT molecular complexity index is 830. The van der Waals surface area contributed by atoms with Crippen LogP contribution in [-0.4, -0.2) is 44.7 Å². The highest BCUT2D eigenvalue weighted by atomic mass is 32.2. The van der Waals surface area contributed by atoms with Crippen LogP contribution in [0.3, 0.4) is 0 Å². The predicted molar refractivity (Wildman–Crippen MR) is 105 cm³/mol. The summed E-state index contributed by atoms with van der Waals surface area (Å²) in [6.07, 6.45) is 2.99. The Kier molecular flexibility index (Phi) is 5.02. The maximum absolute atomic E-state index is 12.8. The molecule has 1 aliphatic heterocycles. The molecule has 2 amide bonds. The Balaban J connectivity index is 1.39. The molecule has 4 rings (SSSR count). The Labute approximate surface area is 164 Å². The zero-order valence-corrected chi connectivity index (χ0v) is 17.1. The lowest BCUT2D eigenvalue weighted by Gasteiger charge is -2.29. The standard InChI is InChI=1S/C17H20N4O2S3/c1-10(15(23)20-7-5-14-12(9-20)6-8-24-14)25-17-19-18-16(26-17)21(11(2)22)13-3-4-13/h6,8,10,13H,3-5,7,9H2,1-2H3. The monoisotopic (exact) mass is 408 g/mol. The zero-order chi connectivity index (χ0) is 18.3. The van der Waals surface area contributed by atoms with Gasteiger partial charge in [-0.25, -0.2) is 0 Å². The van der Waals surface area contributed by atoms with Crippen LogP contribution in [-0.2, 0) is 22.6 Å². The maximum atomic E-state index is 12.8. The third-order valence-corrected chi connectivity index (χ3v) is 7.72. The fourth-order valence-electron chi connectivity index (χ4n) is 3.12. The van der Waals surface area contributed by atoms with Crippen LogP contribution in [0.25, 0.3) is 0 Å². The molecule has 0 spiro atoms. The minimum Gasteiger partial charge on any atom is -0.337 e. The van der Waals surface area contributed by atoms with Crippen molar-refractivity contribution in [2.75, 3.05) is 11.4 Å². The molecule has 9 heteroatoms. The van der Waals surface area contributed by atoms with Gasteiger partial charge in [-0.15, -0.1) is 21.5 Å².